The van der Waals surface area contributed by atoms with Crippen LogP contribution in [0, 0.1) is 11.8 Å². The Bertz CT molecular complexity index is 185. The molecule has 0 saturated heterocycles. The molecule has 0 atom stereocenters. The summed E-state index contributed by atoms with van der Waals surface area (Å²) in [5, 5.41) is 0. The lowest BCUT2D eigenvalue weighted by Gasteiger charge is -2.24. The minimum atomic E-state index is 0.677. The minimum absolute atomic E-state index is 0.677. The summed E-state index contributed by atoms with van der Waals surface area (Å²) in [7, 11) is 0. The maximum atomic E-state index is 10.6. The van der Waals surface area contributed by atoms with E-state index in [-0.39, 0.29) is 0 Å². The Morgan fingerprint density at radius 3 is 2.38 bits per heavy atom. The molecule has 0 spiro atoms. The lowest BCUT2D eigenvalue weighted by atomic mass is 9.82. The van der Waals surface area contributed by atoms with Crippen molar-refractivity contribution in [2.24, 2.45) is 11.8 Å². The van der Waals surface area contributed by atoms with E-state index in [2.05, 4.69) is 13.0 Å². The largest absolute Gasteiger partial charge is 0.298 e. The number of aldehydes is 1. The van der Waals surface area contributed by atoms with Crippen LogP contribution in [-0.4, -0.2) is 6.29 Å². The first-order valence-electron chi connectivity index (χ1n) is 5.42. The fourth-order valence-corrected chi connectivity index (χ4v) is 2.00. The van der Waals surface area contributed by atoms with E-state index in [4.69, 9.17) is 0 Å². The molecule has 1 saturated carbocycles. The fraction of sp³-hybridized carbons (Fsp3) is 0.750. The molecule has 0 N–H and O–H groups in total. The van der Waals surface area contributed by atoms with Gasteiger partial charge in [0.05, 0.1) is 0 Å². The highest BCUT2D eigenvalue weighted by atomic mass is 16.1. The summed E-state index contributed by atoms with van der Waals surface area (Å²) in [6.45, 7) is 4.37. The van der Waals surface area contributed by atoms with Crippen LogP contribution in [0.5, 0.6) is 0 Å². The van der Waals surface area contributed by atoms with Gasteiger partial charge in [0.1, 0.15) is 6.29 Å². The predicted molar refractivity (Wildman–Crippen MR) is 55.6 cm³/mol. The van der Waals surface area contributed by atoms with E-state index in [1.807, 2.05) is 6.92 Å². The summed E-state index contributed by atoms with van der Waals surface area (Å²) < 4.78 is 0. The molecular formula is C12H20O. The van der Waals surface area contributed by atoms with Crippen molar-refractivity contribution in [3.8, 4) is 0 Å². The number of carbonyl (C=O) groups is 1. The Hall–Kier alpha value is -0.590. The number of allylic oxidation sites excluding steroid dienone is 2. The summed E-state index contributed by atoms with van der Waals surface area (Å²) in [6.07, 6.45) is 9.30. The smallest absolute Gasteiger partial charge is 0.145 e. The summed E-state index contributed by atoms with van der Waals surface area (Å²) in [5.41, 5.74) is 0.986. The topological polar surface area (TPSA) is 17.1 Å². The van der Waals surface area contributed by atoms with Crippen molar-refractivity contribution in [3.05, 3.63) is 11.6 Å². The molecule has 0 heterocycles. The summed E-state index contributed by atoms with van der Waals surface area (Å²) in [6, 6.07) is 0. The van der Waals surface area contributed by atoms with Gasteiger partial charge in [0.2, 0.25) is 0 Å². The minimum Gasteiger partial charge on any atom is -0.298 e. The van der Waals surface area contributed by atoms with Crippen LogP contribution in [0.2, 0.25) is 0 Å². The van der Waals surface area contributed by atoms with Crippen LogP contribution in [0.3, 0.4) is 0 Å². The number of hydrogen-bond acceptors (Lipinski definition) is 1. The molecule has 1 heteroatoms. The molecular weight excluding hydrogens is 160 g/mol. The molecule has 0 bridgehead atoms. The van der Waals surface area contributed by atoms with E-state index in [0.29, 0.717) is 5.92 Å². The first-order valence-corrected chi connectivity index (χ1v) is 5.42. The molecule has 0 aromatic rings. The Kier molecular flexibility index (Phi) is 4.20. The predicted octanol–water partition coefficient (Wildman–Crippen LogP) is 3.35. The number of carbonyl (C=O) groups excluding carboxylic acids is 1. The number of hydrogen-bond donors (Lipinski definition) is 0. The van der Waals surface area contributed by atoms with Crippen LogP contribution in [0.15, 0.2) is 11.6 Å². The molecule has 74 valence electrons. The first-order chi connectivity index (χ1) is 6.26. The van der Waals surface area contributed by atoms with Gasteiger partial charge < -0.3 is 0 Å². The van der Waals surface area contributed by atoms with Gasteiger partial charge in [-0.25, -0.2) is 0 Å². The Balaban J connectivity index is 2.44. The van der Waals surface area contributed by atoms with E-state index in [1.54, 1.807) is 0 Å². The molecule has 1 nitrogen and oxygen atoms in total. The van der Waals surface area contributed by atoms with Gasteiger partial charge in [0.15, 0.2) is 0 Å². The lowest BCUT2D eigenvalue weighted by Crippen LogP contribution is -2.10. The number of rotatable bonds is 3. The van der Waals surface area contributed by atoms with E-state index < -0.39 is 0 Å². The van der Waals surface area contributed by atoms with Crippen LogP contribution < -0.4 is 0 Å². The molecule has 0 unspecified atom stereocenters. The molecule has 1 aliphatic rings. The molecule has 13 heavy (non-hydrogen) atoms. The standard InChI is InChI=1S/C12H20O/c1-3-11(9-13)8-12-6-4-10(2)5-7-12/h8-10,12H,3-7H2,1-2H3. The zero-order chi connectivity index (χ0) is 9.68. The average molecular weight is 180 g/mol. The normalized spacial score (nSPS) is 30.2. The van der Waals surface area contributed by atoms with Crippen molar-refractivity contribution in [3.63, 3.8) is 0 Å². The first kappa shape index (κ1) is 10.5. The maximum absolute atomic E-state index is 10.6. The molecule has 0 amide bonds. The highest BCUT2D eigenvalue weighted by Gasteiger charge is 2.16. The fourth-order valence-electron chi connectivity index (χ4n) is 2.00. The third-order valence-electron chi connectivity index (χ3n) is 3.07. The zero-order valence-electron chi connectivity index (χ0n) is 8.75. The molecule has 0 radical (unpaired) electrons. The second kappa shape index (κ2) is 5.21. The van der Waals surface area contributed by atoms with Crippen molar-refractivity contribution in [2.75, 3.05) is 0 Å². The molecule has 0 aromatic carbocycles. The quantitative estimate of drug-likeness (QED) is 0.481. The van der Waals surface area contributed by atoms with Crippen LogP contribution in [-0.2, 0) is 4.79 Å². The van der Waals surface area contributed by atoms with Crippen molar-refractivity contribution >= 4 is 6.29 Å². The lowest BCUT2D eigenvalue weighted by molar-refractivity contribution is -0.105. The van der Waals surface area contributed by atoms with Crippen LogP contribution >= 0.6 is 0 Å². The molecule has 0 aliphatic heterocycles. The Morgan fingerprint density at radius 2 is 1.92 bits per heavy atom. The highest BCUT2D eigenvalue weighted by Crippen LogP contribution is 2.29. The van der Waals surface area contributed by atoms with Crippen LogP contribution in [0.1, 0.15) is 46.0 Å². The van der Waals surface area contributed by atoms with Gasteiger partial charge in [0, 0.05) is 0 Å². The second-order valence-electron chi connectivity index (χ2n) is 4.23. The van der Waals surface area contributed by atoms with E-state index in [0.717, 1.165) is 24.2 Å². The average Bonchev–Trinajstić information content (AvgIpc) is 2.17. The zero-order valence-corrected chi connectivity index (χ0v) is 8.75. The molecule has 1 fully saturated rings. The molecule has 1 aliphatic carbocycles. The van der Waals surface area contributed by atoms with Crippen molar-refractivity contribution in [2.45, 2.75) is 46.0 Å². The molecule has 0 aromatic heterocycles. The van der Waals surface area contributed by atoms with Gasteiger partial charge >= 0.3 is 0 Å². The third-order valence-corrected chi connectivity index (χ3v) is 3.07. The van der Waals surface area contributed by atoms with Crippen molar-refractivity contribution < 1.29 is 4.79 Å². The SMILES string of the molecule is CCC(C=O)=CC1CCC(C)CC1. The summed E-state index contributed by atoms with van der Waals surface area (Å²) in [4.78, 5) is 10.6. The van der Waals surface area contributed by atoms with Gasteiger partial charge in [-0.3, -0.25) is 4.79 Å². The van der Waals surface area contributed by atoms with Crippen LogP contribution in [0.25, 0.3) is 0 Å². The monoisotopic (exact) mass is 180 g/mol. The van der Waals surface area contributed by atoms with Gasteiger partial charge in [-0.05, 0) is 36.7 Å². The highest BCUT2D eigenvalue weighted by molar-refractivity contribution is 5.72. The van der Waals surface area contributed by atoms with E-state index >= 15 is 0 Å². The van der Waals surface area contributed by atoms with Gasteiger partial charge in [-0.2, -0.15) is 0 Å². The Labute approximate surface area is 81.2 Å². The van der Waals surface area contributed by atoms with Crippen LogP contribution in [0.4, 0.5) is 0 Å². The summed E-state index contributed by atoms with van der Waals surface area (Å²) >= 11 is 0. The van der Waals surface area contributed by atoms with Crippen molar-refractivity contribution in [1.29, 1.82) is 0 Å². The van der Waals surface area contributed by atoms with E-state index in [1.165, 1.54) is 25.7 Å². The maximum Gasteiger partial charge on any atom is 0.145 e. The molecule has 1 rings (SSSR count). The van der Waals surface area contributed by atoms with Gasteiger partial charge in [-0.1, -0.05) is 32.8 Å². The summed E-state index contributed by atoms with van der Waals surface area (Å²) in [5.74, 6) is 1.57. The third kappa shape index (κ3) is 3.33. The van der Waals surface area contributed by atoms with Crippen molar-refractivity contribution in [1.82, 2.24) is 0 Å². The van der Waals surface area contributed by atoms with E-state index in [9.17, 15) is 4.79 Å². The van der Waals surface area contributed by atoms with Gasteiger partial charge in [0.25, 0.3) is 0 Å². The Morgan fingerprint density at radius 1 is 1.31 bits per heavy atom. The van der Waals surface area contributed by atoms with Gasteiger partial charge in [-0.15, -0.1) is 0 Å². The second-order valence-corrected chi connectivity index (χ2v) is 4.23.